The zero-order valence-corrected chi connectivity index (χ0v) is 15.1. The number of sulfonamides is 1. The summed E-state index contributed by atoms with van der Waals surface area (Å²) in [5.41, 5.74) is -0.931. The molecule has 2 fully saturated rings. The Labute approximate surface area is 151 Å². The van der Waals surface area contributed by atoms with Crippen LogP contribution in [-0.2, 0) is 19.6 Å². The molecule has 2 N–H and O–H groups in total. The number of carboxylic acids is 1. The number of hydrogen-bond donors (Lipinski definition) is 2. The number of carbonyl (C=O) groups excluding carboxylic acids is 1. The van der Waals surface area contributed by atoms with E-state index in [0.29, 0.717) is 13.0 Å². The van der Waals surface area contributed by atoms with Gasteiger partial charge in [0.1, 0.15) is 10.7 Å². The molecule has 9 heteroatoms. The van der Waals surface area contributed by atoms with E-state index in [-0.39, 0.29) is 12.5 Å². The molecule has 1 saturated carbocycles. The van der Waals surface area contributed by atoms with Gasteiger partial charge in [0.2, 0.25) is 15.9 Å². The monoisotopic (exact) mass is 384 g/mol. The van der Waals surface area contributed by atoms with Crippen LogP contribution in [0.1, 0.15) is 26.2 Å². The van der Waals surface area contributed by atoms with E-state index in [4.69, 9.17) is 0 Å². The van der Waals surface area contributed by atoms with Gasteiger partial charge in [-0.25, -0.2) is 12.8 Å². The summed E-state index contributed by atoms with van der Waals surface area (Å²) < 4.78 is 40.6. The van der Waals surface area contributed by atoms with Gasteiger partial charge in [-0.2, -0.15) is 4.72 Å². The van der Waals surface area contributed by atoms with Crippen LogP contribution >= 0.6 is 0 Å². The Morgan fingerprint density at radius 1 is 1.38 bits per heavy atom. The number of amides is 1. The van der Waals surface area contributed by atoms with Crippen LogP contribution in [0, 0.1) is 17.2 Å². The molecule has 0 radical (unpaired) electrons. The molecule has 3 rings (SSSR count). The van der Waals surface area contributed by atoms with Crippen LogP contribution in [0.3, 0.4) is 0 Å². The molecule has 7 nitrogen and oxygen atoms in total. The second kappa shape index (κ2) is 6.62. The molecule has 142 valence electrons. The van der Waals surface area contributed by atoms with Crippen molar-refractivity contribution in [2.75, 3.05) is 13.1 Å². The van der Waals surface area contributed by atoms with E-state index in [1.807, 2.05) is 0 Å². The van der Waals surface area contributed by atoms with E-state index >= 15 is 0 Å². The quantitative estimate of drug-likeness (QED) is 0.794. The number of fused-ring (bicyclic) bond motifs is 1. The lowest BCUT2D eigenvalue weighted by Crippen LogP contribution is -2.47. The summed E-state index contributed by atoms with van der Waals surface area (Å²) in [6.07, 6.45) is 2.08. The Balaban J connectivity index is 1.73. The molecule has 1 unspecified atom stereocenters. The van der Waals surface area contributed by atoms with Crippen molar-refractivity contribution in [3.05, 3.63) is 30.1 Å². The number of halogens is 1. The molecule has 26 heavy (non-hydrogen) atoms. The van der Waals surface area contributed by atoms with Gasteiger partial charge in [0.15, 0.2) is 0 Å². The van der Waals surface area contributed by atoms with Crippen LogP contribution in [0.4, 0.5) is 4.39 Å². The number of aliphatic carboxylic acids is 1. The minimum atomic E-state index is -4.20. The number of rotatable bonds is 5. The lowest BCUT2D eigenvalue weighted by molar-refractivity contribution is -0.149. The maximum atomic E-state index is 13.8. The van der Waals surface area contributed by atoms with Crippen molar-refractivity contribution in [2.45, 2.75) is 37.1 Å². The highest BCUT2D eigenvalue weighted by atomic mass is 32.2. The number of nitrogens with one attached hydrogen (secondary N) is 1. The maximum Gasteiger partial charge on any atom is 0.311 e. The standard InChI is InChI=1S/C17H21FN2O5S/c1-11(19-26(24,25)14-7-3-2-6-13(14)18)15(21)20-9-12-5-4-8-17(12,10-20)16(22)23/h2-3,6-7,11-12,19H,4-5,8-10H2,1H3,(H,22,23)/t11?,12-,17+/m0/s1. The first-order valence-corrected chi connectivity index (χ1v) is 9.95. The van der Waals surface area contributed by atoms with Crippen molar-refractivity contribution in [3.63, 3.8) is 0 Å². The van der Waals surface area contributed by atoms with Crippen molar-refractivity contribution < 1.29 is 27.5 Å². The normalized spacial score (nSPS) is 26.5. The van der Waals surface area contributed by atoms with Crippen LogP contribution < -0.4 is 4.72 Å². The molecule has 0 bridgehead atoms. The molecule has 1 aromatic carbocycles. The summed E-state index contributed by atoms with van der Waals surface area (Å²) in [6.45, 7) is 1.76. The van der Waals surface area contributed by atoms with E-state index in [1.54, 1.807) is 0 Å². The number of benzene rings is 1. The smallest absolute Gasteiger partial charge is 0.311 e. The number of carboxylic acid groups (broad SMARTS) is 1. The van der Waals surface area contributed by atoms with Crippen LogP contribution in [0.5, 0.6) is 0 Å². The molecule has 2 aliphatic rings. The largest absolute Gasteiger partial charge is 0.481 e. The number of likely N-dealkylation sites (tertiary alicyclic amines) is 1. The Hall–Kier alpha value is -2.00. The van der Waals surface area contributed by atoms with Crippen molar-refractivity contribution in [1.29, 1.82) is 0 Å². The molecule has 1 aliphatic heterocycles. The number of hydrogen-bond acceptors (Lipinski definition) is 4. The highest BCUT2D eigenvalue weighted by Crippen LogP contribution is 2.48. The van der Waals surface area contributed by atoms with Gasteiger partial charge in [0.05, 0.1) is 11.5 Å². The first-order chi connectivity index (χ1) is 12.2. The van der Waals surface area contributed by atoms with Gasteiger partial charge in [-0.3, -0.25) is 9.59 Å². The van der Waals surface area contributed by atoms with Gasteiger partial charge in [-0.05, 0) is 37.8 Å². The highest BCUT2D eigenvalue weighted by molar-refractivity contribution is 7.89. The van der Waals surface area contributed by atoms with Crippen molar-refractivity contribution >= 4 is 21.9 Å². The molecular weight excluding hydrogens is 363 g/mol. The van der Waals surface area contributed by atoms with E-state index in [0.717, 1.165) is 25.0 Å². The molecule has 0 spiro atoms. The van der Waals surface area contributed by atoms with Gasteiger partial charge in [0, 0.05) is 13.1 Å². The molecule has 0 aromatic heterocycles. The Kier molecular flexibility index (Phi) is 4.78. The zero-order valence-electron chi connectivity index (χ0n) is 14.3. The third-order valence-electron chi connectivity index (χ3n) is 5.44. The lowest BCUT2D eigenvalue weighted by atomic mass is 9.81. The van der Waals surface area contributed by atoms with E-state index < -0.39 is 44.1 Å². The molecule has 1 aliphatic carbocycles. The van der Waals surface area contributed by atoms with Crippen LogP contribution in [-0.4, -0.2) is 49.4 Å². The lowest BCUT2D eigenvalue weighted by Gasteiger charge is -2.25. The minimum absolute atomic E-state index is 0.0810. The SMILES string of the molecule is CC(NS(=O)(=O)c1ccccc1F)C(=O)N1C[C@@H]2CCC[C@@]2(C(=O)O)C1. The van der Waals surface area contributed by atoms with Gasteiger partial charge in [-0.1, -0.05) is 18.6 Å². The fraction of sp³-hybridized carbons (Fsp3) is 0.529. The Bertz CT molecular complexity index is 843. The second-order valence-corrected chi connectivity index (χ2v) is 8.73. The third-order valence-corrected chi connectivity index (χ3v) is 7.01. The van der Waals surface area contributed by atoms with Crippen molar-refractivity contribution in [1.82, 2.24) is 9.62 Å². The zero-order chi connectivity index (χ0) is 19.1. The predicted octanol–water partition coefficient (Wildman–Crippen LogP) is 1.21. The summed E-state index contributed by atoms with van der Waals surface area (Å²) in [6, 6.07) is 3.79. The highest BCUT2D eigenvalue weighted by Gasteiger charge is 2.56. The minimum Gasteiger partial charge on any atom is -0.481 e. The van der Waals surface area contributed by atoms with Gasteiger partial charge < -0.3 is 10.0 Å². The van der Waals surface area contributed by atoms with E-state index in [9.17, 15) is 27.5 Å². The number of carbonyl (C=O) groups is 2. The Morgan fingerprint density at radius 2 is 2.08 bits per heavy atom. The second-order valence-electron chi connectivity index (χ2n) is 7.04. The number of nitrogens with zero attached hydrogens (tertiary/aromatic N) is 1. The summed E-state index contributed by atoms with van der Waals surface area (Å²) in [5.74, 6) is -2.42. The average molecular weight is 384 g/mol. The van der Waals surface area contributed by atoms with E-state index in [2.05, 4.69) is 4.72 Å². The topological polar surface area (TPSA) is 104 Å². The van der Waals surface area contributed by atoms with Gasteiger partial charge >= 0.3 is 5.97 Å². The van der Waals surface area contributed by atoms with Crippen LogP contribution in [0.2, 0.25) is 0 Å². The molecule has 1 amide bonds. The van der Waals surface area contributed by atoms with E-state index in [1.165, 1.54) is 24.0 Å². The van der Waals surface area contributed by atoms with Crippen molar-refractivity contribution in [2.24, 2.45) is 11.3 Å². The molecule has 1 aromatic rings. The fourth-order valence-corrected chi connectivity index (χ4v) is 5.37. The first kappa shape index (κ1) is 18.8. The summed E-state index contributed by atoms with van der Waals surface area (Å²) in [5, 5.41) is 9.59. The predicted molar refractivity (Wildman–Crippen MR) is 90.2 cm³/mol. The summed E-state index contributed by atoms with van der Waals surface area (Å²) >= 11 is 0. The molecule has 1 saturated heterocycles. The summed E-state index contributed by atoms with van der Waals surface area (Å²) in [7, 11) is -4.20. The first-order valence-electron chi connectivity index (χ1n) is 8.46. The average Bonchev–Trinajstić information content (AvgIpc) is 3.12. The molecule has 3 atom stereocenters. The maximum absolute atomic E-state index is 13.8. The Morgan fingerprint density at radius 3 is 2.69 bits per heavy atom. The fourth-order valence-electron chi connectivity index (χ4n) is 4.09. The molecule has 1 heterocycles. The third kappa shape index (κ3) is 3.09. The van der Waals surface area contributed by atoms with Gasteiger partial charge in [0.25, 0.3) is 0 Å². The molecular formula is C17H21FN2O5S. The summed E-state index contributed by atoms with van der Waals surface area (Å²) in [4.78, 5) is 25.2. The van der Waals surface area contributed by atoms with Crippen LogP contribution in [0.25, 0.3) is 0 Å². The van der Waals surface area contributed by atoms with Crippen LogP contribution in [0.15, 0.2) is 29.2 Å². The van der Waals surface area contributed by atoms with Gasteiger partial charge in [-0.15, -0.1) is 0 Å². The van der Waals surface area contributed by atoms with Crippen molar-refractivity contribution in [3.8, 4) is 0 Å².